The first-order valence-electron chi connectivity index (χ1n) is 8.09. The number of amides is 1. The SMILES string of the molecule is Cc1nc2cc[nH]n2c(=O)c1CC(=O)NCC(O)Cc1ccccc1. The number of aliphatic hydroxyl groups excluding tert-OH is 1. The maximum atomic E-state index is 12.4. The topological polar surface area (TPSA) is 99.5 Å². The van der Waals surface area contributed by atoms with Gasteiger partial charge in [-0.25, -0.2) is 9.50 Å². The van der Waals surface area contributed by atoms with Gasteiger partial charge in [0.2, 0.25) is 5.91 Å². The summed E-state index contributed by atoms with van der Waals surface area (Å²) < 4.78 is 1.31. The lowest BCUT2D eigenvalue weighted by Gasteiger charge is -2.12. The van der Waals surface area contributed by atoms with E-state index in [1.165, 1.54) is 4.52 Å². The molecule has 0 bridgehead atoms. The van der Waals surface area contributed by atoms with Crippen LogP contribution in [0.4, 0.5) is 0 Å². The zero-order valence-corrected chi connectivity index (χ0v) is 13.9. The monoisotopic (exact) mass is 340 g/mol. The molecule has 0 saturated carbocycles. The number of aromatic amines is 1. The van der Waals surface area contributed by atoms with Crippen LogP contribution >= 0.6 is 0 Å². The van der Waals surface area contributed by atoms with Crippen molar-refractivity contribution in [3.8, 4) is 0 Å². The smallest absolute Gasteiger partial charge is 0.276 e. The molecule has 1 amide bonds. The summed E-state index contributed by atoms with van der Waals surface area (Å²) in [4.78, 5) is 28.8. The fourth-order valence-electron chi connectivity index (χ4n) is 2.72. The lowest BCUT2D eigenvalue weighted by atomic mass is 10.1. The van der Waals surface area contributed by atoms with Crippen molar-refractivity contribution in [2.75, 3.05) is 6.54 Å². The third-order valence-corrected chi connectivity index (χ3v) is 4.03. The number of carbonyl (C=O) groups is 1. The second kappa shape index (κ2) is 7.31. The number of aryl methyl sites for hydroxylation is 1. The highest BCUT2D eigenvalue weighted by atomic mass is 16.3. The third kappa shape index (κ3) is 3.95. The molecule has 3 N–H and O–H groups in total. The minimum atomic E-state index is -0.683. The molecule has 3 rings (SSSR count). The van der Waals surface area contributed by atoms with Crippen molar-refractivity contribution >= 4 is 11.6 Å². The van der Waals surface area contributed by atoms with Crippen molar-refractivity contribution in [3.63, 3.8) is 0 Å². The molecule has 0 spiro atoms. The van der Waals surface area contributed by atoms with Gasteiger partial charge in [0.25, 0.3) is 5.56 Å². The second-order valence-corrected chi connectivity index (χ2v) is 5.96. The molecule has 2 aromatic heterocycles. The van der Waals surface area contributed by atoms with E-state index in [9.17, 15) is 14.7 Å². The van der Waals surface area contributed by atoms with Gasteiger partial charge in [-0.2, -0.15) is 0 Å². The van der Waals surface area contributed by atoms with E-state index >= 15 is 0 Å². The number of aromatic nitrogens is 3. The molecule has 2 heterocycles. The first-order valence-corrected chi connectivity index (χ1v) is 8.09. The fourth-order valence-corrected chi connectivity index (χ4v) is 2.72. The molecular formula is C18H20N4O3. The van der Waals surface area contributed by atoms with E-state index in [1.807, 2.05) is 30.3 Å². The molecule has 0 fully saturated rings. The Labute approximate surface area is 144 Å². The molecule has 25 heavy (non-hydrogen) atoms. The van der Waals surface area contributed by atoms with Crippen LogP contribution in [-0.4, -0.2) is 38.3 Å². The van der Waals surface area contributed by atoms with Crippen molar-refractivity contribution in [2.24, 2.45) is 0 Å². The first-order chi connectivity index (χ1) is 12.0. The maximum Gasteiger partial charge on any atom is 0.276 e. The summed E-state index contributed by atoms with van der Waals surface area (Å²) in [5.41, 5.74) is 2.11. The number of hydrogen-bond donors (Lipinski definition) is 3. The van der Waals surface area contributed by atoms with Gasteiger partial charge in [-0.15, -0.1) is 0 Å². The average Bonchev–Trinajstić information content (AvgIpc) is 3.06. The molecule has 1 atom stereocenters. The van der Waals surface area contributed by atoms with Gasteiger partial charge in [0, 0.05) is 36.5 Å². The second-order valence-electron chi connectivity index (χ2n) is 5.96. The van der Waals surface area contributed by atoms with Crippen LogP contribution in [0.15, 0.2) is 47.4 Å². The molecule has 1 unspecified atom stereocenters. The van der Waals surface area contributed by atoms with Gasteiger partial charge in [-0.05, 0) is 12.5 Å². The molecule has 7 heteroatoms. The van der Waals surface area contributed by atoms with Gasteiger partial charge >= 0.3 is 0 Å². The van der Waals surface area contributed by atoms with Crippen molar-refractivity contribution in [1.82, 2.24) is 19.9 Å². The van der Waals surface area contributed by atoms with Crippen molar-refractivity contribution in [1.29, 1.82) is 0 Å². The lowest BCUT2D eigenvalue weighted by molar-refractivity contribution is -0.120. The normalized spacial score (nSPS) is 12.2. The average molecular weight is 340 g/mol. The van der Waals surface area contributed by atoms with E-state index in [1.54, 1.807) is 19.2 Å². The Morgan fingerprint density at radius 2 is 2.08 bits per heavy atom. The van der Waals surface area contributed by atoms with Gasteiger partial charge in [-0.3, -0.25) is 14.7 Å². The van der Waals surface area contributed by atoms with Gasteiger partial charge < -0.3 is 10.4 Å². The molecule has 3 aromatic rings. The van der Waals surface area contributed by atoms with Crippen LogP contribution in [0.5, 0.6) is 0 Å². The predicted molar refractivity (Wildman–Crippen MR) is 93.4 cm³/mol. The standard InChI is InChI=1S/C18H20N4O3/c1-12-15(18(25)22-16(21-12)7-8-20-22)10-17(24)19-11-14(23)9-13-5-3-2-4-6-13/h2-8,14,20,23H,9-11H2,1H3,(H,19,24). The number of fused-ring (bicyclic) bond motifs is 1. The van der Waals surface area contributed by atoms with Crippen LogP contribution in [-0.2, 0) is 17.6 Å². The van der Waals surface area contributed by atoms with Gasteiger partial charge in [-0.1, -0.05) is 30.3 Å². The summed E-state index contributed by atoms with van der Waals surface area (Å²) in [5.74, 6) is -0.319. The lowest BCUT2D eigenvalue weighted by Crippen LogP contribution is -2.36. The third-order valence-electron chi connectivity index (χ3n) is 4.03. The van der Waals surface area contributed by atoms with Crippen molar-refractivity contribution in [2.45, 2.75) is 25.9 Å². The summed E-state index contributed by atoms with van der Waals surface area (Å²) in [7, 11) is 0. The molecule has 7 nitrogen and oxygen atoms in total. The Kier molecular flexibility index (Phi) is 4.95. The number of carbonyl (C=O) groups excluding carboxylic acids is 1. The number of hydrogen-bond acceptors (Lipinski definition) is 4. The Bertz CT molecular complexity index is 930. The summed E-state index contributed by atoms with van der Waals surface area (Å²) in [6, 6.07) is 11.3. The van der Waals surface area contributed by atoms with Gasteiger partial charge in [0.05, 0.1) is 12.5 Å². The molecule has 0 radical (unpaired) electrons. The zero-order valence-electron chi connectivity index (χ0n) is 13.9. The number of nitrogens with one attached hydrogen (secondary N) is 2. The van der Waals surface area contributed by atoms with Gasteiger partial charge in [0.15, 0.2) is 5.65 Å². The van der Waals surface area contributed by atoms with E-state index in [2.05, 4.69) is 15.4 Å². The molecule has 0 aliphatic heterocycles. The number of H-pyrrole nitrogens is 1. The minimum Gasteiger partial charge on any atom is -0.391 e. The van der Waals surface area contributed by atoms with Crippen LogP contribution in [0, 0.1) is 6.92 Å². The summed E-state index contributed by atoms with van der Waals surface area (Å²) >= 11 is 0. The molecule has 0 saturated heterocycles. The minimum absolute atomic E-state index is 0.0717. The highest BCUT2D eigenvalue weighted by Gasteiger charge is 2.15. The highest BCUT2D eigenvalue weighted by Crippen LogP contribution is 2.05. The first kappa shape index (κ1) is 16.9. The summed E-state index contributed by atoms with van der Waals surface area (Å²) in [5, 5.41) is 15.5. The largest absolute Gasteiger partial charge is 0.391 e. The molecular weight excluding hydrogens is 320 g/mol. The van der Waals surface area contributed by atoms with E-state index < -0.39 is 6.10 Å². The zero-order chi connectivity index (χ0) is 17.8. The van der Waals surface area contributed by atoms with E-state index in [4.69, 9.17) is 0 Å². The van der Waals surface area contributed by atoms with Crippen LogP contribution in [0.1, 0.15) is 16.8 Å². The van der Waals surface area contributed by atoms with Crippen LogP contribution in [0.25, 0.3) is 5.65 Å². The number of nitrogens with zero attached hydrogens (tertiary/aromatic N) is 2. The Hall–Kier alpha value is -2.93. The Balaban J connectivity index is 1.60. The van der Waals surface area contributed by atoms with E-state index in [-0.39, 0.29) is 24.4 Å². The van der Waals surface area contributed by atoms with E-state index in [0.717, 1.165) is 5.56 Å². The fraction of sp³-hybridized carbons (Fsp3) is 0.278. The molecule has 0 aliphatic rings. The molecule has 0 aliphatic carbocycles. The van der Waals surface area contributed by atoms with Crippen LogP contribution < -0.4 is 10.9 Å². The maximum absolute atomic E-state index is 12.4. The van der Waals surface area contributed by atoms with Crippen molar-refractivity contribution < 1.29 is 9.90 Å². The highest BCUT2D eigenvalue weighted by molar-refractivity contribution is 5.78. The van der Waals surface area contributed by atoms with Crippen LogP contribution in [0.2, 0.25) is 0 Å². The molecule has 1 aromatic carbocycles. The quantitative estimate of drug-likeness (QED) is 0.612. The summed E-state index contributed by atoms with van der Waals surface area (Å²) in [6.45, 7) is 1.84. The van der Waals surface area contributed by atoms with Gasteiger partial charge in [0.1, 0.15) is 0 Å². The van der Waals surface area contributed by atoms with Crippen LogP contribution in [0.3, 0.4) is 0 Å². The number of aliphatic hydroxyl groups is 1. The predicted octanol–water partition coefficient (Wildman–Crippen LogP) is 0.593. The van der Waals surface area contributed by atoms with Crippen molar-refractivity contribution in [3.05, 3.63) is 69.8 Å². The summed E-state index contributed by atoms with van der Waals surface area (Å²) in [6.07, 6.45) is 1.32. The molecule has 130 valence electrons. The number of rotatable bonds is 6. The van der Waals surface area contributed by atoms with E-state index in [0.29, 0.717) is 23.3 Å². The Morgan fingerprint density at radius 1 is 1.32 bits per heavy atom. The Morgan fingerprint density at radius 3 is 2.84 bits per heavy atom. The number of benzene rings is 1.